The van der Waals surface area contributed by atoms with Crippen molar-refractivity contribution in [3.63, 3.8) is 0 Å². The lowest BCUT2D eigenvalue weighted by atomic mass is 9.47. The molecule has 6 atom stereocenters. The van der Waals surface area contributed by atoms with Crippen LogP contribution in [0, 0.1) is 35.0 Å². The van der Waals surface area contributed by atoms with E-state index in [4.69, 9.17) is 9.47 Å². The van der Waals surface area contributed by atoms with Crippen molar-refractivity contribution < 1.29 is 19.4 Å². The predicted molar refractivity (Wildman–Crippen MR) is 189 cm³/mol. The number of ether oxygens (including phenoxy) is 2. The fourth-order valence-corrected chi connectivity index (χ4v) is 11.0. The SMILES string of the molecule is C=CCCC1(C=O)CCC2C3CC[C@@]4(O)CC5(CCC4=C3C(c3ccc(/C=C/Cc4csc(C)n4)cc3)CC21C)OCC(C)(C)CO5. The number of aryl methyl sites for hydroxylation is 1. The number of aromatic nitrogens is 1. The zero-order chi connectivity index (χ0) is 33.1. The molecule has 6 heteroatoms. The topological polar surface area (TPSA) is 68.7 Å². The van der Waals surface area contributed by atoms with Crippen LogP contribution in [0.3, 0.4) is 0 Å². The van der Waals surface area contributed by atoms with Gasteiger partial charge in [0, 0.05) is 41.4 Å². The fraction of sp³-hybridized carbons (Fsp3) is 0.610. The first-order valence-electron chi connectivity index (χ1n) is 17.9. The second-order valence-corrected chi connectivity index (χ2v) is 17.6. The zero-order valence-electron chi connectivity index (χ0n) is 28.9. The summed E-state index contributed by atoms with van der Waals surface area (Å²) < 4.78 is 12.9. The van der Waals surface area contributed by atoms with Gasteiger partial charge in [0.05, 0.1) is 29.5 Å². The highest BCUT2D eigenvalue weighted by molar-refractivity contribution is 7.09. The summed E-state index contributed by atoms with van der Waals surface area (Å²) >= 11 is 1.70. The minimum absolute atomic E-state index is 0.0104. The van der Waals surface area contributed by atoms with Crippen molar-refractivity contribution in [1.82, 2.24) is 4.98 Å². The summed E-state index contributed by atoms with van der Waals surface area (Å²) in [5.41, 5.74) is 4.95. The molecule has 5 nitrogen and oxygen atoms in total. The van der Waals surface area contributed by atoms with Gasteiger partial charge in [-0.1, -0.05) is 68.8 Å². The van der Waals surface area contributed by atoms with Gasteiger partial charge >= 0.3 is 0 Å². The van der Waals surface area contributed by atoms with Crippen LogP contribution in [-0.2, 0) is 20.7 Å². The standard InChI is InChI=1S/C41H53NO4S/c1-6-7-18-39(25-43)19-16-34-32-15-20-40(44)24-41(45-26-37(3,4)27-46-41)21-17-35(40)36(32)33(22-38(34,39)5)30-13-11-29(12-14-30)9-8-10-31-23-47-28(2)42-31/h6,8-9,11-14,23,25,32-34,44H,1,7,10,15-22,24,26-27H2,2-5H3/b9-8+/t32?,33?,34?,38?,39?,40-/m1/s1. The Hall–Kier alpha value is -2.38. The molecule has 5 aliphatic rings. The maximum Gasteiger partial charge on any atom is 0.171 e. The number of rotatable bonds is 8. The van der Waals surface area contributed by atoms with E-state index in [-0.39, 0.29) is 22.2 Å². The molecule has 1 aromatic heterocycles. The summed E-state index contributed by atoms with van der Waals surface area (Å²) in [6, 6.07) is 9.09. The first kappa shape index (κ1) is 33.1. The van der Waals surface area contributed by atoms with Crippen molar-refractivity contribution in [3.05, 3.63) is 81.4 Å². The van der Waals surface area contributed by atoms with Crippen molar-refractivity contribution in [2.45, 2.75) is 116 Å². The van der Waals surface area contributed by atoms with E-state index >= 15 is 0 Å². The maximum atomic E-state index is 13.1. The molecule has 1 spiro atoms. The van der Waals surface area contributed by atoms with Crippen LogP contribution in [0.4, 0.5) is 0 Å². The largest absolute Gasteiger partial charge is 0.385 e. The Kier molecular flexibility index (Phi) is 8.59. The molecule has 252 valence electrons. The van der Waals surface area contributed by atoms with E-state index in [9.17, 15) is 9.90 Å². The van der Waals surface area contributed by atoms with Crippen LogP contribution in [0.5, 0.6) is 0 Å². The molecule has 4 aliphatic carbocycles. The van der Waals surface area contributed by atoms with Gasteiger partial charge in [-0.15, -0.1) is 17.9 Å². The Morgan fingerprint density at radius 3 is 2.53 bits per heavy atom. The third-order valence-corrected chi connectivity index (χ3v) is 13.8. The lowest BCUT2D eigenvalue weighted by Gasteiger charge is -2.59. The summed E-state index contributed by atoms with van der Waals surface area (Å²) in [6.07, 6.45) is 17.0. The number of benzene rings is 1. The van der Waals surface area contributed by atoms with Gasteiger partial charge in [-0.3, -0.25) is 0 Å². The van der Waals surface area contributed by atoms with Gasteiger partial charge in [0.1, 0.15) is 6.29 Å². The van der Waals surface area contributed by atoms with E-state index in [1.807, 2.05) is 13.0 Å². The van der Waals surface area contributed by atoms with E-state index in [2.05, 4.69) is 74.1 Å². The number of nitrogens with zero attached hydrogens (tertiary/aromatic N) is 1. The Labute approximate surface area is 285 Å². The molecule has 2 aromatic rings. The molecular weight excluding hydrogens is 603 g/mol. The Morgan fingerprint density at radius 2 is 1.85 bits per heavy atom. The molecule has 4 fully saturated rings. The molecule has 1 N–H and O–H groups in total. The predicted octanol–water partition coefficient (Wildman–Crippen LogP) is 9.15. The van der Waals surface area contributed by atoms with Gasteiger partial charge in [-0.2, -0.15) is 0 Å². The minimum Gasteiger partial charge on any atom is -0.385 e. The van der Waals surface area contributed by atoms with Crippen molar-refractivity contribution in [3.8, 4) is 0 Å². The fourth-order valence-electron chi connectivity index (χ4n) is 10.4. The van der Waals surface area contributed by atoms with Crippen LogP contribution in [0.1, 0.15) is 113 Å². The Bertz CT molecular complexity index is 1560. The van der Waals surface area contributed by atoms with Crippen molar-refractivity contribution >= 4 is 23.7 Å². The van der Waals surface area contributed by atoms with Crippen molar-refractivity contribution in [2.24, 2.45) is 28.1 Å². The molecular formula is C41H53NO4S. The second-order valence-electron chi connectivity index (χ2n) is 16.5. The van der Waals surface area contributed by atoms with Crippen LogP contribution >= 0.6 is 11.3 Å². The smallest absolute Gasteiger partial charge is 0.171 e. The van der Waals surface area contributed by atoms with E-state index in [1.54, 1.807) is 11.3 Å². The third kappa shape index (κ3) is 5.75. The normalized spacial score (nSPS) is 35.8. The molecule has 7 rings (SSSR count). The first-order valence-corrected chi connectivity index (χ1v) is 18.8. The van der Waals surface area contributed by atoms with Gasteiger partial charge in [0.15, 0.2) is 5.79 Å². The molecule has 2 heterocycles. The van der Waals surface area contributed by atoms with Crippen LogP contribution < -0.4 is 0 Å². The highest BCUT2D eigenvalue weighted by Crippen LogP contribution is 2.71. The summed E-state index contributed by atoms with van der Waals surface area (Å²) in [4.78, 5) is 17.7. The summed E-state index contributed by atoms with van der Waals surface area (Å²) in [7, 11) is 0. The molecule has 1 aromatic carbocycles. The molecule has 0 amide bonds. The number of fused-ring (bicyclic) bond motifs is 4. The number of carbonyl (C=O) groups excluding carboxylic acids is 1. The van der Waals surface area contributed by atoms with Crippen LogP contribution in [0.2, 0.25) is 0 Å². The molecule has 1 aliphatic heterocycles. The molecule has 47 heavy (non-hydrogen) atoms. The van der Waals surface area contributed by atoms with Gasteiger partial charge in [-0.05, 0) is 92.2 Å². The lowest BCUT2D eigenvalue weighted by molar-refractivity contribution is -0.322. The average molecular weight is 656 g/mol. The van der Waals surface area contributed by atoms with E-state index in [0.717, 1.165) is 74.9 Å². The second kappa shape index (κ2) is 12.2. The first-order chi connectivity index (χ1) is 22.4. The highest BCUT2D eigenvalue weighted by atomic mass is 32.1. The Morgan fingerprint density at radius 1 is 1.09 bits per heavy atom. The Balaban J connectivity index is 1.24. The number of aliphatic hydroxyl groups is 1. The van der Waals surface area contributed by atoms with Gasteiger partial charge in [0.2, 0.25) is 0 Å². The quantitative estimate of drug-likeness (QED) is 0.227. The highest BCUT2D eigenvalue weighted by Gasteiger charge is 2.64. The maximum absolute atomic E-state index is 13.1. The minimum atomic E-state index is -0.919. The van der Waals surface area contributed by atoms with E-state index in [0.29, 0.717) is 31.5 Å². The van der Waals surface area contributed by atoms with Crippen molar-refractivity contribution in [2.75, 3.05) is 13.2 Å². The molecule has 3 saturated carbocycles. The number of hydrogen-bond donors (Lipinski definition) is 1. The summed E-state index contributed by atoms with van der Waals surface area (Å²) in [5.74, 6) is 0.287. The molecule has 1 saturated heterocycles. The van der Waals surface area contributed by atoms with Crippen molar-refractivity contribution in [1.29, 1.82) is 0 Å². The van der Waals surface area contributed by atoms with Crippen LogP contribution in [0.25, 0.3) is 6.08 Å². The van der Waals surface area contributed by atoms with Gasteiger partial charge in [0.25, 0.3) is 0 Å². The third-order valence-electron chi connectivity index (χ3n) is 13.0. The number of aldehydes is 1. The average Bonchev–Trinajstić information content (AvgIpc) is 3.60. The zero-order valence-corrected chi connectivity index (χ0v) is 29.7. The monoisotopic (exact) mass is 655 g/mol. The van der Waals surface area contributed by atoms with Gasteiger partial charge < -0.3 is 19.4 Å². The number of hydrogen-bond acceptors (Lipinski definition) is 6. The molecule has 0 radical (unpaired) electrons. The molecule has 0 bridgehead atoms. The van der Waals surface area contributed by atoms with Crippen LogP contribution in [0.15, 0.2) is 59.5 Å². The van der Waals surface area contributed by atoms with Gasteiger partial charge in [-0.25, -0.2) is 4.98 Å². The summed E-state index contributed by atoms with van der Waals surface area (Å²) in [5, 5.41) is 15.8. The molecule has 5 unspecified atom stereocenters. The summed E-state index contributed by atoms with van der Waals surface area (Å²) in [6.45, 7) is 14.2. The van der Waals surface area contributed by atoms with Crippen LogP contribution in [-0.4, -0.2) is 41.0 Å². The number of carbonyl (C=O) groups is 1. The number of allylic oxidation sites excluding steroid dienone is 3. The lowest BCUT2D eigenvalue weighted by Crippen LogP contribution is -2.58. The van der Waals surface area contributed by atoms with E-state index in [1.165, 1.54) is 28.6 Å². The van der Waals surface area contributed by atoms with E-state index < -0.39 is 11.4 Å². The number of thiazole rings is 1.